The van der Waals surface area contributed by atoms with Crippen molar-refractivity contribution in [2.75, 3.05) is 43.2 Å². The number of hydrogen-bond donors (Lipinski definition) is 0. The summed E-state index contributed by atoms with van der Waals surface area (Å²) in [6, 6.07) is -0.312. The van der Waals surface area contributed by atoms with Crippen molar-refractivity contribution < 1.29 is 22.6 Å². The SMILES string of the molecule is COC(CN1c2nc(N3CCOCC3C)cc(=O)n2CCC1C(F)(F)F)C(C)C. The zero-order chi connectivity index (χ0) is 21.3. The van der Waals surface area contributed by atoms with Gasteiger partial charge in [0, 0.05) is 32.8 Å². The molecule has 3 heterocycles. The van der Waals surface area contributed by atoms with E-state index in [-0.39, 0.29) is 43.0 Å². The summed E-state index contributed by atoms with van der Waals surface area (Å²) in [6.07, 6.45) is -5.05. The first-order chi connectivity index (χ1) is 13.6. The predicted molar refractivity (Wildman–Crippen MR) is 104 cm³/mol. The Kier molecular flexibility index (Phi) is 6.42. The molecule has 0 spiro atoms. The van der Waals surface area contributed by atoms with Crippen molar-refractivity contribution in [3.05, 3.63) is 16.4 Å². The van der Waals surface area contributed by atoms with Crippen LogP contribution in [-0.4, -0.2) is 67.3 Å². The molecule has 3 rings (SSSR count). The van der Waals surface area contributed by atoms with E-state index in [1.54, 1.807) is 0 Å². The van der Waals surface area contributed by atoms with Gasteiger partial charge in [-0.25, -0.2) is 0 Å². The largest absolute Gasteiger partial charge is 0.408 e. The van der Waals surface area contributed by atoms with E-state index in [1.807, 2.05) is 25.7 Å². The summed E-state index contributed by atoms with van der Waals surface area (Å²) in [5.74, 6) is 0.462. The molecule has 7 nitrogen and oxygen atoms in total. The lowest BCUT2D eigenvalue weighted by Crippen LogP contribution is -2.55. The molecule has 1 aromatic rings. The molecule has 0 amide bonds. The van der Waals surface area contributed by atoms with Gasteiger partial charge in [-0.05, 0) is 19.3 Å². The van der Waals surface area contributed by atoms with Gasteiger partial charge in [-0.15, -0.1) is 0 Å². The van der Waals surface area contributed by atoms with Crippen LogP contribution in [0.25, 0.3) is 0 Å². The lowest BCUT2D eigenvalue weighted by molar-refractivity contribution is -0.153. The third-order valence-corrected chi connectivity index (χ3v) is 5.70. The molecule has 10 heteroatoms. The van der Waals surface area contributed by atoms with Crippen molar-refractivity contribution in [3.63, 3.8) is 0 Å². The van der Waals surface area contributed by atoms with E-state index in [0.29, 0.717) is 25.6 Å². The predicted octanol–water partition coefficient (Wildman–Crippen LogP) is 2.28. The Labute approximate surface area is 168 Å². The number of rotatable bonds is 5. The summed E-state index contributed by atoms with van der Waals surface area (Å²) in [7, 11) is 1.49. The smallest absolute Gasteiger partial charge is 0.379 e. The zero-order valence-corrected chi connectivity index (χ0v) is 17.3. The lowest BCUT2D eigenvalue weighted by Gasteiger charge is -2.42. The second kappa shape index (κ2) is 8.51. The molecule has 2 aliphatic rings. The van der Waals surface area contributed by atoms with Crippen LogP contribution in [0.3, 0.4) is 0 Å². The van der Waals surface area contributed by atoms with Crippen LogP contribution in [0.1, 0.15) is 27.2 Å². The molecular formula is C19H29F3N4O3. The number of ether oxygens (including phenoxy) is 2. The molecule has 0 bridgehead atoms. The van der Waals surface area contributed by atoms with Crippen LogP contribution in [0.2, 0.25) is 0 Å². The standard InChI is InChI=1S/C19H29F3N4O3/c1-12(2)14(28-4)10-26-15(19(20,21)22)5-6-25-17(27)9-16(23-18(25)26)24-7-8-29-11-13(24)3/h9,12-15H,5-8,10-11H2,1-4H3. The number of fused-ring (bicyclic) bond motifs is 1. The summed E-state index contributed by atoms with van der Waals surface area (Å²) >= 11 is 0. The summed E-state index contributed by atoms with van der Waals surface area (Å²) in [6.45, 7) is 7.22. The van der Waals surface area contributed by atoms with Gasteiger partial charge in [0.25, 0.3) is 5.56 Å². The van der Waals surface area contributed by atoms with E-state index in [2.05, 4.69) is 4.98 Å². The van der Waals surface area contributed by atoms with Gasteiger partial charge in [0.2, 0.25) is 5.95 Å². The van der Waals surface area contributed by atoms with Crippen LogP contribution < -0.4 is 15.4 Å². The number of morpholine rings is 1. The molecule has 0 aliphatic carbocycles. The number of anilines is 2. The molecule has 0 N–H and O–H groups in total. The minimum Gasteiger partial charge on any atom is -0.379 e. The summed E-state index contributed by atoms with van der Waals surface area (Å²) in [5, 5.41) is 0. The minimum absolute atomic E-state index is 0.00685. The van der Waals surface area contributed by atoms with Gasteiger partial charge in [-0.1, -0.05) is 13.8 Å². The Bertz CT molecular complexity index is 768. The average Bonchev–Trinajstić information content (AvgIpc) is 2.65. The maximum absolute atomic E-state index is 13.8. The summed E-state index contributed by atoms with van der Waals surface area (Å²) in [4.78, 5) is 20.4. The van der Waals surface area contributed by atoms with Crippen LogP contribution in [0, 0.1) is 5.92 Å². The third kappa shape index (κ3) is 4.53. The monoisotopic (exact) mass is 418 g/mol. The van der Waals surface area contributed by atoms with Crippen LogP contribution in [0.15, 0.2) is 10.9 Å². The summed E-state index contributed by atoms with van der Waals surface area (Å²) in [5.41, 5.74) is -0.340. The van der Waals surface area contributed by atoms with Crippen LogP contribution >= 0.6 is 0 Å². The molecule has 0 radical (unpaired) electrons. The zero-order valence-electron chi connectivity index (χ0n) is 17.3. The minimum atomic E-state index is -4.43. The van der Waals surface area contributed by atoms with Crippen molar-refractivity contribution in [3.8, 4) is 0 Å². The summed E-state index contributed by atoms with van der Waals surface area (Å²) < 4.78 is 53.7. The number of hydrogen-bond acceptors (Lipinski definition) is 6. The van der Waals surface area contributed by atoms with Crippen molar-refractivity contribution in [1.82, 2.24) is 9.55 Å². The molecular weight excluding hydrogens is 389 g/mol. The number of halogens is 3. The van der Waals surface area contributed by atoms with Gasteiger partial charge >= 0.3 is 6.18 Å². The topological polar surface area (TPSA) is 59.8 Å². The Balaban J connectivity index is 2.06. The van der Waals surface area contributed by atoms with Crippen LogP contribution in [0.4, 0.5) is 24.9 Å². The van der Waals surface area contributed by atoms with Gasteiger partial charge in [0.15, 0.2) is 0 Å². The molecule has 1 saturated heterocycles. The fraction of sp³-hybridized carbons (Fsp3) is 0.789. The van der Waals surface area contributed by atoms with Gasteiger partial charge in [0.1, 0.15) is 11.9 Å². The third-order valence-electron chi connectivity index (χ3n) is 5.70. The number of alkyl halides is 3. The average molecular weight is 418 g/mol. The normalized spacial score (nSPS) is 24.0. The first-order valence-corrected chi connectivity index (χ1v) is 9.96. The molecule has 164 valence electrons. The van der Waals surface area contributed by atoms with Gasteiger partial charge < -0.3 is 19.3 Å². The molecule has 1 fully saturated rings. The lowest BCUT2D eigenvalue weighted by atomic mass is 10.0. The van der Waals surface area contributed by atoms with Crippen molar-refractivity contribution in [2.45, 2.75) is 58.1 Å². The van der Waals surface area contributed by atoms with Gasteiger partial charge in [-0.2, -0.15) is 18.2 Å². The maximum atomic E-state index is 13.8. The maximum Gasteiger partial charge on any atom is 0.408 e. The highest BCUT2D eigenvalue weighted by molar-refractivity contribution is 5.47. The second-order valence-corrected chi connectivity index (χ2v) is 8.04. The Hall–Kier alpha value is -1.81. The van der Waals surface area contributed by atoms with E-state index in [0.717, 1.165) is 0 Å². The highest BCUT2D eigenvalue weighted by Crippen LogP contribution is 2.35. The second-order valence-electron chi connectivity index (χ2n) is 8.04. The quantitative estimate of drug-likeness (QED) is 0.731. The first-order valence-electron chi connectivity index (χ1n) is 9.96. The Morgan fingerprint density at radius 3 is 2.66 bits per heavy atom. The molecule has 29 heavy (non-hydrogen) atoms. The van der Waals surface area contributed by atoms with E-state index in [1.165, 1.54) is 22.6 Å². The molecule has 2 aliphatic heterocycles. The van der Waals surface area contributed by atoms with E-state index in [9.17, 15) is 18.0 Å². The number of aromatic nitrogens is 2. The molecule has 1 aromatic heterocycles. The fourth-order valence-electron chi connectivity index (χ4n) is 3.97. The Morgan fingerprint density at radius 1 is 1.34 bits per heavy atom. The number of nitrogens with zero attached hydrogens (tertiary/aromatic N) is 4. The first kappa shape index (κ1) is 21.9. The molecule has 0 aromatic carbocycles. The fourth-order valence-corrected chi connectivity index (χ4v) is 3.97. The van der Waals surface area contributed by atoms with E-state index in [4.69, 9.17) is 9.47 Å². The van der Waals surface area contributed by atoms with Crippen molar-refractivity contribution in [1.29, 1.82) is 0 Å². The highest BCUT2D eigenvalue weighted by atomic mass is 19.4. The van der Waals surface area contributed by atoms with Gasteiger partial charge in [0.05, 0.1) is 25.4 Å². The molecule has 3 unspecified atom stereocenters. The molecule has 0 saturated carbocycles. The molecule has 3 atom stereocenters. The number of methoxy groups -OCH3 is 1. The Morgan fingerprint density at radius 2 is 2.07 bits per heavy atom. The highest BCUT2D eigenvalue weighted by Gasteiger charge is 2.47. The van der Waals surface area contributed by atoms with Crippen LogP contribution in [0.5, 0.6) is 0 Å². The van der Waals surface area contributed by atoms with Crippen molar-refractivity contribution >= 4 is 11.8 Å². The van der Waals surface area contributed by atoms with Crippen LogP contribution in [-0.2, 0) is 16.0 Å². The van der Waals surface area contributed by atoms with Gasteiger partial charge in [-0.3, -0.25) is 9.36 Å². The van der Waals surface area contributed by atoms with E-state index < -0.39 is 18.3 Å². The van der Waals surface area contributed by atoms with E-state index >= 15 is 0 Å². The van der Waals surface area contributed by atoms with Crippen molar-refractivity contribution in [2.24, 2.45) is 5.92 Å².